The number of nitrogens with one attached hydrogen (secondary N) is 1. The minimum Gasteiger partial charge on any atom is -0.310 e. The minimum absolute atomic E-state index is 0.455. The Morgan fingerprint density at radius 1 is 1.36 bits per heavy atom. The van der Waals surface area contributed by atoms with Crippen LogP contribution in [-0.2, 0) is 0 Å². The van der Waals surface area contributed by atoms with Gasteiger partial charge in [-0.25, -0.2) is 0 Å². The van der Waals surface area contributed by atoms with E-state index < -0.39 is 0 Å². The monoisotopic (exact) mass is 213 g/mol. The van der Waals surface area contributed by atoms with Crippen molar-refractivity contribution in [2.75, 3.05) is 18.1 Å². The zero-order valence-electron chi connectivity index (χ0n) is 9.73. The lowest BCUT2D eigenvalue weighted by atomic mass is 9.68. The highest BCUT2D eigenvalue weighted by Crippen LogP contribution is 2.54. The summed E-state index contributed by atoms with van der Waals surface area (Å²) < 4.78 is 0. The summed E-state index contributed by atoms with van der Waals surface area (Å²) in [5.74, 6) is 3.54. The number of hydrogen-bond donors (Lipinski definition) is 1. The largest absolute Gasteiger partial charge is 0.310 e. The van der Waals surface area contributed by atoms with Crippen molar-refractivity contribution in [3.8, 4) is 0 Å². The molecule has 2 rings (SSSR count). The Kier molecular flexibility index (Phi) is 2.87. The summed E-state index contributed by atoms with van der Waals surface area (Å²) in [6.07, 6.45) is 4.24. The summed E-state index contributed by atoms with van der Waals surface area (Å²) in [5, 5.41) is 3.83. The van der Waals surface area contributed by atoms with E-state index in [0.29, 0.717) is 11.0 Å². The van der Waals surface area contributed by atoms with Crippen molar-refractivity contribution >= 4 is 11.8 Å². The molecule has 1 nitrogen and oxygen atoms in total. The third kappa shape index (κ3) is 1.42. The molecule has 1 aliphatic carbocycles. The van der Waals surface area contributed by atoms with Gasteiger partial charge in [-0.2, -0.15) is 11.8 Å². The molecule has 2 bridgehead atoms. The van der Waals surface area contributed by atoms with Gasteiger partial charge in [-0.15, -0.1) is 0 Å². The minimum atomic E-state index is 0.455. The molecule has 0 radical (unpaired) electrons. The van der Waals surface area contributed by atoms with Gasteiger partial charge in [0, 0.05) is 11.3 Å². The average molecular weight is 213 g/mol. The van der Waals surface area contributed by atoms with Crippen LogP contribution >= 0.6 is 11.8 Å². The van der Waals surface area contributed by atoms with Crippen molar-refractivity contribution in [3.05, 3.63) is 0 Å². The molecule has 0 aromatic carbocycles. The molecule has 0 unspecified atom stereocenters. The fourth-order valence-corrected chi connectivity index (χ4v) is 4.56. The Balaban J connectivity index is 2.15. The lowest BCUT2D eigenvalue weighted by Crippen LogP contribution is -2.59. The Bertz CT molecular complexity index is 210. The molecule has 14 heavy (non-hydrogen) atoms. The molecule has 0 spiro atoms. The zero-order chi connectivity index (χ0) is 10.2. The highest BCUT2D eigenvalue weighted by molar-refractivity contribution is 7.99. The lowest BCUT2D eigenvalue weighted by molar-refractivity contribution is 0.0907. The van der Waals surface area contributed by atoms with Crippen LogP contribution in [0.25, 0.3) is 0 Å². The van der Waals surface area contributed by atoms with Crippen LogP contribution in [0, 0.1) is 11.3 Å². The summed E-state index contributed by atoms with van der Waals surface area (Å²) in [5.41, 5.74) is 0.976. The lowest BCUT2D eigenvalue weighted by Gasteiger charge is -2.49. The highest BCUT2D eigenvalue weighted by Gasteiger charge is 2.55. The molecule has 1 N–H and O–H groups in total. The fourth-order valence-electron chi connectivity index (χ4n) is 3.39. The van der Waals surface area contributed by atoms with Crippen molar-refractivity contribution in [3.63, 3.8) is 0 Å². The number of thioether (sulfide) groups is 1. The highest BCUT2D eigenvalue weighted by atomic mass is 32.2. The first kappa shape index (κ1) is 10.8. The Hall–Kier alpha value is 0.310. The Labute approximate surface area is 92.4 Å². The predicted octanol–water partition coefficient (Wildman–Crippen LogP) is 2.91. The summed E-state index contributed by atoms with van der Waals surface area (Å²) in [4.78, 5) is 0. The molecular weight excluding hydrogens is 190 g/mol. The molecular formula is C12H23NS. The summed E-state index contributed by atoms with van der Waals surface area (Å²) in [6.45, 7) is 8.47. The second kappa shape index (κ2) is 3.71. The van der Waals surface area contributed by atoms with Crippen molar-refractivity contribution in [2.45, 2.75) is 45.6 Å². The van der Waals surface area contributed by atoms with E-state index >= 15 is 0 Å². The Morgan fingerprint density at radius 2 is 2.14 bits per heavy atom. The van der Waals surface area contributed by atoms with Crippen LogP contribution in [0.5, 0.6) is 0 Å². The Morgan fingerprint density at radius 3 is 2.86 bits per heavy atom. The maximum atomic E-state index is 3.83. The maximum absolute atomic E-state index is 3.83. The first-order chi connectivity index (χ1) is 6.62. The van der Waals surface area contributed by atoms with Gasteiger partial charge in [-0.05, 0) is 42.9 Å². The molecule has 0 amide bonds. The average Bonchev–Trinajstić information content (AvgIpc) is 2.37. The predicted molar refractivity (Wildman–Crippen MR) is 64.9 cm³/mol. The maximum Gasteiger partial charge on any atom is 0.0325 e. The van der Waals surface area contributed by atoms with Crippen LogP contribution in [-0.4, -0.2) is 23.6 Å². The molecule has 1 saturated carbocycles. The topological polar surface area (TPSA) is 12.0 Å². The van der Waals surface area contributed by atoms with Gasteiger partial charge in [0.05, 0.1) is 0 Å². The van der Waals surface area contributed by atoms with Crippen molar-refractivity contribution in [2.24, 2.45) is 11.3 Å². The first-order valence-electron chi connectivity index (χ1n) is 5.95. The van der Waals surface area contributed by atoms with E-state index in [1.807, 2.05) is 0 Å². The third-order valence-corrected chi connectivity index (χ3v) is 5.79. The molecule has 2 atom stereocenters. The summed E-state index contributed by atoms with van der Waals surface area (Å²) in [6, 6.07) is 0. The van der Waals surface area contributed by atoms with Gasteiger partial charge in [0.1, 0.15) is 0 Å². The quantitative estimate of drug-likeness (QED) is 0.773. The number of fused-ring (bicyclic) bond motifs is 2. The first-order valence-corrected chi connectivity index (χ1v) is 7.10. The van der Waals surface area contributed by atoms with Gasteiger partial charge >= 0.3 is 0 Å². The molecule has 0 aromatic rings. The SMILES string of the molecule is CCSC[C@]12CC[C@H](CCN1)C2(C)C. The van der Waals surface area contributed by atoms with E-state index in [9.17, 15) is 0 Å². The second-order valence-electron chi connectivity index (χ2n) is 5.39. The van der Waals surface area contributed by atoms with Gasteiger partial charge in [0.2, 0.25) is 0 Å². The van der Waals surface area contributed by atoms with Crippen molar-refractivity contribution < 1.29 is 0 Å². The fraction of sp³-hybridized carbons (Fsp3) is 1.00. The van der Waals surface area contributed by atoms with Gasteiger partial charge in [-0.3, -0.25) is 0 Å². The molecule has 2 fully saturated rings. The molecule has 0 aromatic heterocycles. The van der Waals surface area contributed by atoms with Crippen LogP contribution in [0.1, 0.15) is 40.0 Å². The van der Waals surface area contributed by atoms with Crippen LogP contribution in [0.4, 0.5) is 0 Å². The number of rotatable bonds is 3. The van der Waals surface area contributed by atoms with Crippen LogP contribution in [0.15, 0.2) is 0 Å². The van der Waals surface area contributed by atoms with Crippen molar-refractivity contribution in [1.29, 1.82) is 0 Å². The van der Waals surface area contributed by atoms with Crippen molar-refractivity contribution in [1.82, 2.24) is 5.32 Å². The number of piperidine rings is 1. The molecule has 82 valence electrons. The summed E-state index contributed by atoms with van der Waals surface area (Å²) in [7, 11) is 0. The van der Waals surface area contributed by atoms with Crippen LogP contribution in [0.2, 0.25) is 0 Å². The van der Waals surface area contributed by atoms with E-state index in [0.717, 1.165) is 5.92 Å². The molecule has 2 heteroatoms. The zero-order valence-corrected chi connectivity index (χ0v) is 10.5. The van der Waals surface area contributed by atoms with Gasteiger partial charge in [0.15, 0.2) is 0 Å². The van der Waals surface area contributed by atoms with E-state index in [2.05, 4.69) is 37.8 Å². The molecule has 2 aliphatic rings. The summed E-state index contributed by atoms with van der Waals surface area (Å²) >= 11 is 2.10. The van der Waals surface area contributed by atoms with Crippen LogP contribution in [0.3, 0.4) is 0 Å². The molecule has 1 heterocycles. The van der Waals surface area contributed by atoms with E-state index in [1.165, 1.54) is 37.3 Å². The normalized spacial score (nSPS) is 40.1. The van der Waals surface area contributed by atoms with E-state index in [4.69, 9.17) is 0 Å². The van der Waals surface area contributed by atoms with Gasteiger partial charge in [0.25, 0.3) is 0 Å². The van der Waals surface area contributed by atoms with Gasteiger partial charge in [-0.1, -0.05) is 20.8 Å². The molecule has 1 saturated heterocycles. The number of hydrogen-bond acceptors (Lipinski definition) is 2. The molecule has 1 aliphatic heterocycles. The van der Waals surface area contributed by atoms with E-state index in [1.54, 1.807) is 0 Å². The van der Waals surface area contributed by atoms with E-state index in [-0.39, 0.29) is 0 Å². The third-order valence-electron chi connectivity index (χ3n) is 4.68. The second-order valence-corrected chi connectivity index (χ2v) is 6.67. The van der Waals surface area contributed by atoms with Crippen LogP contribution < -0.4 is 5.32 Å². The smallest absolute Gasteiger partial charge is 0.0325 e. The van der Waals surface area contributed by atoms with Gasteiger partial charge < -0.3 is 5.32 Å². The standard InChI is InChI=1S/C12H23NS/c1-4-14-9-12-7-5-10(6-8-13-12)11(12,2)3/h10,13H,4-9H2,1-3H3/t10-,12+/m1/s1.